The summed E-state index contributed by atoms with van der Waals surface area (Å²) in [5.74, 6) is 0.297. The summed E-state index contributed by atoms with van der Waals surface area (Å²) in [6.45, 7) is 13.9. The van der Waals surface area contributed by atoms with E-state index in [9.17, 15) is 4.79 Å². The fraction of sp³-hybridized carbons (Fsp3) is 0.316. The van der Waals surface area contributed by atoms with Crippen LogP contribution in [0.25, 0.3) is 11.6 Å². The second kappa shape index (κ2) is 4.77. The van der Waals surface area contributed by atoms with Crippen molar-refractivity contribution in [2.24, 2.45) is 0 Å². The Morgan fingerprint density at radius 1 is 0.773 bits per heavy atom. The molecule has 3 rings (SSSR count). The Labute approximate surface area is 135 Å². The van der Waals surface area contributed by atoms with Gasteiger partial charge in [0, 0.05) is 5.57 Å². The molecule has 0 amide bonds. The standard InChI is InChI=1S/C19H24OSi2/c1-21(2,3)17-12-15-14-10-8-7-9-13(14)11-16(15)18(20)19(17)22(4,5)6/h7-12H,1-6H3. The van der Waals surface area contributed by atoms with Crippen LogP contribution in [-0.4, -0.2) is 21.9 Å². The smallest absolute Gasteiger partial charge is 0.185 e. The van der Waals surface area contributed by atoms with Crippen molar-refractivity contribution < 1.29 is 4.79 Å². The van der Waals surface area contributed by atoms with Gasteiger partial charge in [-0.1, -0.05) is 74.8 Å². The average molecular weight is 325 g/mol. The van der Waals surface area contributed by atoms with Gasteiger partial charge in [-0.25, -0.2) is 0 Å². The Balaban J connectivity index is 2.30. The number of hydrogen-bond donors (Lipinski definition) is 0. The maximum Gasteiger partial charge on any atom is 0.185 e. The highest BCUT2D eigenvalue weighted by Gasteiger charge is 2.40. The highest BCUT2D eigenvalue weighted by atomic mass is 28.3. The largest absolute Gasteiger partial charge is 0.289 e. The molecular formula is C19H24OSi2. The molecule has 0 bridgehead atoms. The number of carbonyl (C=O) groups is 1. The van der Waals surface area contributed by atoms with E-state index in [4.69, 9.17) is 0 Å². The van der Waals surface area contributed by atoms with Gasteiger partial charge in [0.1, 0.15) is 0 Å². The van der Waals surface area contributed by atoms with Crippen LogP contribution >= 0.6 is 0 Å². The van der Waals surface area contributed by atoms with Gasteiger partial charge in [-0.2, -0.15) is 0 Å². The SMILES string of the molecule is C[Si](C)(C)C1=C([Si](C)(C)C)C(=O)C2=Cc3ccccc3C2=C1. The van der Waals surface area contributed by atoms with Crippen LogP contribution in [0.2, 0.25) is 39.3 Å². The first kappa shape index (κ1) is 15.4. The zero-order valence-corrected chi connectivity index (χ0v) is 16.4. The molecule has 0 fully saturated rings. The van der Waals surface area contributed by atoms with E-state index < -0.39 is 16.1 Å². The number of rotatable bonds is 2. The van der Waals surface area contributed by atoms with Gasteiger partial charge in [0.05, 0.1) is 16.1 Å². The van der Waals surface area contributed by atoms with Crippen molar-refractivity contribution in [2.45, 2.75) is 39.3 Å². The number of benzene rings is 1. The third-order valence-electron chi connectivity index (χ3n) is 4.43. The number of fused-ring (bicyclic) bond motifs is 3. The summed E-state index contributed by atoms with van der Waals surface area (Å²) < 4.78 is 0. The lowest BCUT2D eigenvalue weighted by molar-refractivity contribution is -0.111. The molecule has 0 saturated heterocycles. The molecule has 0 unspecified atom stereocenters. The number of allylic oxidation sites excluding steroid dienone is 5. The molecule has 0 N–H and O–H groups in total. The van der Waals surface area contributed by atoms with Crippen LogP contribution in [0, 0.1) is 0 Å². The zero-order chi connectivity index (χ0) is 16.3. The lowest BCUT2D eigenvalue weighted by atomic mass is 9.96. The van der Waals surface area contributed by atoms with Gasteiger partial charge in [-0.15, -0.1) is 0 Å². The summed E-state index contributed by atoms with van der Waals surface area (Å²) >= 11 is 0. The van der Waals surface area contributed by atoms with Gasteiger partial charge < -0.3 is 0 Å². The summed E-state index contributed by atoms with van der Waals surface area (Å²) in [7, 11) is -3.24. The topological polar surface area (TPSA) is 17.1 Å². The number of hydrogen-bond acceptors (Lipinski definition) is 1. The lowest BCUT2D eigenvalue weighted by Crippen LogP contribution is -2.39. The molecule has 22 heavy (non-hydrogen) atoms. The molecule has 0 saturated carbocycles. The van der Waals surface area contributed by atoms with Gasteiger partial charge in [-0.05, 0) is 28.0 Å². The van der Waals surface area contributed by atoms with Gasteiger partial charge in [0.2, 0.25) is 0 Å². The average Bonchev–Trinajstić information content (AvgIpc) is 2.75. The van der Waals surface area contributed by atoms with E-state index >= 15 is 0 Å². The molecule has 114 valence electrons. The second-order valence-corrected chi connectivity index (χ2v) is 18.4. The molecule has 0 aromatic heterocycles. The van der Waals surface area contributed by atoms with Crippen LogP contribution in [0.3, 0.4) is 0 Å². The van der Waals surface area contributed by atoms with E-state index in [1.54, 1.807) is 0 Å². The van der Waals surface area contributed by atoms with Crippen molar-refractivity contribution in [2.75, 3.05) is 0 Å². The summed E-state index contributed by atoms with van der Waals surface area (Å²) in [6.07, 6.45) is 4.43. The van der Waals surface area contributed by atoms with Gasteiger partial charge >= 0.3 is 0 Å². The first-order chi connectivity index (χ1) is 10.1. The molecule has 2 aliphatic rings. The molecule has 0 heterocycles. The van der Waals surface area contributed by atoms with Crippen molar-refractivity contribution in [1.82, 2.24) is 0 Å². The van der Waals surface area contributed by atoms with Gasteiger partial charge in [-0.3, -0.25) is 4.79 Å². The summed E-state index contributed by atoms with van der Waals surface area (Å²) in [4.78, 5) is 13.3. The molecule has 1 nitrogen and oxygen atoms in total. The van der Waals surface area contributed by atoms with E-state index in [-0.39, 0.29) is 0 Å². The Hall–Kier alpha value is -1.46. The quantitative estimate of drug-likeness (QED) is 0.692. The lowest BCUT2D eigenvalue weighted by Gasteiger charge is -2.33. The number of Topliss-reactive ketones (excluding diaryl/α,β-unsaturated/α-hetero) is 1. The second-order valence-electron chi connectivity index (χ2n) is 8.32. The Bertz CT molecular complexity index is 765. The van der Waals surface area contributed by atoms with Crippen LogP contribution in [0.15, 0.2) is 46.3 Å². The third-order valence-corrected chi connectivity index (χ3v) is 8.69. The normalized spacial score (nSPS) is 18.0. The van der Waals surface area contributed by atoms with E-state index in [0.717, 1.165) is 16.3 Å². The number of ketones is 1. The molecule has 1 aromatic rings. The monoisotopic (exact) mass is 324 g/mol. The minimum absolute atomic E-state index is 0.297. The van der Waals surface area contributed by atoms with E-state index in [0.29, 0.717) is 5.78 Å². The zero-order valence-electron chi connectivity index (χ0n) is 14.4. The first-order valence-electron chi connectivity index (χ1n) is 7.94. The molecule has 0 atom stereocenters. The van der Waals surface area contributed by atoms with Crippen molar-refractivity contribution in [1.29, 1.82) is 0 Å². The summed E-state index contributed by atoms with van der Waals surface area (Å²) in [6, 6.07) is 8.35. The molecule has 1 aromatic carbocycles. The maximum atomic E-state index is 13.3. The van der Waals surface area contributed by atoms with Crippen LogP contribution in [-0.2, 0) is 4.79 Å². The predicted octanol–water partition coefficient (Wildman–Crippen LogP) is 5.10. The van der Waals surface area contributed by atoms with Crippen molar-refractivity contribution in [3.8, 4) is 0 Å². The highest BCUT2D eigenvalue weighted by Crippen LogP contribution is 2.44. The third kappa shape index (κ3) is 2.33. The van der Waals surface area contributed by atoms with Crippen molar-refractivity contribution >= 4 is 33.6 Å². The van der Waals surface area contributed by atoms with E-state index in [1.807, 2.05) is 6.07 Å². The fourth-order valence-corrected chi connectivity index (χ4v) is 8.79. The Morgan fingerprint density at radius 3 is 2.00 bits per heavy atom. The van der Waals surface area contributed by atoms with E-state index in [1.165, 1.54) is 16.3 Å². The van der Waals surface area contributed by atoms with Crippen LogP contribution in [0.4, 0.5) is 0 Å². The minimum atomic E-state index is -1.68. The summed E-state index contributed by atoms with van der Waals surface area (Å²) in [5.41, 5.74) is 4.47. The fourth-order valence-electron chi connectivity index (χ4n) is 3.40. The summed E-state index contributed by atoms with van der Waals surface area (Å²) in [5, 5.41) is 2.54. The van der Waals surface area contributed by atoms with E-state index in [2.05, 4.69) is 69.6 Å². The van der Waals surface area contributed by atoms with Gasteiger partial charge in [0.15, 0.2) is 5.78 Å². The van der Waals surface area contributed by atoms with Crippen LogP contribution in [0.5, 0.6) is 0 Å². The number of carbonyl (C=O) groups excluding carboxylic acids is 1. The van der Waals surface area contributed by atoms with Crippen molar-refractivity contribution in [3.63, 3.8) is 0 Å². The molecule has 2 aliphatic carbocycles. The molecule has 0 radical (unpaired) electrons. The van der Waals surface area contributed by atoms with Gasteiger partial charge in [0.25, 0.3) is 0 Å². The Morgan fingerprint density at radius 2 is 1.41 bits per heavy atom. The Kier molecular flexibility index (Phi) is 3.35. The molecule has 0 aliphatic heterocycles. The van der Waals surface area contributed by atoms with Crippen LogP contribution < -0.4 is 0 Å². The maximum absolute atomic E-state index is 13.3. The predicted molar refractivity (Wildman–Crippen MR) is 101 cm³/mol. The molecule has 0 spiro atoms. The minimum Gasteiger partial charge on any atom is -0.289 e. The molecule has 3 heteroatoms. The first-order valence-corrected chi connectivity index (χ1v) is 14.9. The van der Waals surface area contributed by atoms with Crippen molar-refractivity contribution in [3.05, 3.63) is 57.4 Å². The van der Waals surface area contributed by atoms with Crippen LogP contribution in [0.1, 0.15) is 11.1 Å². The highest BCUT2D eigenvalue weighted by molar-refractivity contribution is 6.93. The molecular weight excluding hydrogens is 300 g/mol.